The first kappa shape index (κ1) is 25.9. The van der Waals surface area contributed by atoms with Crippen LogP contribution in [0, 0.1) is 17.5 Å². The first-order valence-electron chi connectivity index (χ1n) is 9.56. The Morgan fingerprint density at radius 2 is 1.63 bits per heavy atom. The predicted molar refractivity (Wildman–Crippen MR) is 112 cm³/mol. The van der Waals surface area contributed by atoms with E-state index in [-0.39, 0.29) is 16.9 Å². The monoisotopic (exact) mass is 522 g/mol. The van der Waals surface area contributed by atoms with Crippen molar-refractivity contribution in [1.29, 1.82) is 0 Å². The zero-order chi connectivity index (χ0) is 26.1. The second-order valence-corrected chi connectivity index (χ2v) is 9.05. The van der Waals surface area contributed by atoms with Gasteiger partial charge in [-0.2, -0.15) is 13.2 Å². The molecule has 0 aliphatic heterocycles. The molecule has 0 spiro atoms. The predicted octanol–water partition coefficient (Wildman–Crippen LogP) is 5.60. The normalized spacial score (nSPS) is 12.8. The highest BCUT2D eigenvalue weighted by atomic mass is 32.2. The zero-order valence-corrected chi connectivity index (χ0v) is 18.7. The number of rotatable bonds is 6. The van der Waals surface area contributed by atoms with Crippen LogP contribution in [0.4, 0.5) is 36.8 Å². The molecule has 2 aromatic carbocycles. The number of benzene rings is 2. The molecule has 0 aliphatic carbocycles. The van der Waals surface area contributed by atoms with Gasteiger partial charge in [0.1, 0.15) is 17.3 Å². The molecule has 1 amide bonds. The van der Waals surface area contributed by atoms with Gasteiger partial charge in [0.15, 0.2) is 11.6 Å². The smallest absolute Gasteiger partial charge is 0.419 e. The maximum atomic E-state index is 14.2. The van der Waals surface area contributed by atoms with E-state index in [0.717, 1.165) is 24.3 Å². The van der Waals surface area contributed by atoms with E-state index in [1.54, 1.807) is 4.72 Å². The number of halogens is 6. The summed E-state index contributed by atoms with van der Waals surface area (Å²) in [7, 11) is -3.94. The third kappa shape index (κ3) is 6.47. The van der Waals surface area contributed by atoms with Gasteiger partial charge in [-0.1, -0.05) is 0 Å². The first-order valence-corrected chi connectivity index (χ1v) is 11.4. The largest absolute Gasteiger partial charge is 0.425 e. The minimum Gasteiger partial charge on any atom is -0.425 e. The van der Waals surface area contributed by atoms with Crippen LogP contribution in [-0.2, 0) is 16.2 Å². The molecule has 0 saturated heterocycles. The number of carbonyl (C=O) groups is 1. The van der Waals surface area contributed by atoms with Crippen LogP contribution in [0.1, 0.15) is 24.1 Å². The molecule has 0 radical (unpaired) electrons. The fraction of sp³-hybridized carbons (Fsp3) is 0.190. The summed E-state index contributed by atoms with van der Waals surface area (Å²) in [5.74, 6) is -4.48. The highest BCUT2D eigenvalue weighted by molar-refractivity contribution is 7.92. The highest BCUT2D eigenvalue weighted by Gasteiger charge is 2.34. The van der Waals surface area contributed by atoms with Crippen molar-refractivity contribution in [2.45, 2.75) is 19.1 Å². The van der Waals surface area contributed by atoms with E-state index in [1.807, 2.05) is 0 Å². The molecule has 0 fully saturated rings. The Bertz CT molecular complexity index is 1350. The van der Waals surface area contributed by atoms with Gasteiger partial charge < -0.3 is 14.5 Å². The standard InChI is InChI=1S/C21H16F6N2O5S/c1-10(12-8-15(23)19(16(24)9-12)29-35(2,31)32)28-20(30)34-18-6-5-17(33-18)11-3-4-14(22)13(7-11)21(25,26)27/h3-10,29H,1-2H3,(H,28,30). The maximum Gasteiger partial charge on any atom is 0.419 e. The second kappa shape index (κ2) is 9.52. The molecule has 0 bridgehead atoms. The van der Waals surface area contributed by atoms with E-state index in [4.69, 9.17) is 9.15 Å². The van der Waals surface area contributed by atoms with Crippen molar-refractivity contribution in [2.75, 3.05) is 11.0 Å². The van der Waals surface area contributed by atoms with Crippen LogP contribution in [0.2, 0.25) is 0 Å². The first-order chi connectivity index (χ1) is 16.1. The molecular weight excluding hydrogens is 506 g/mol. The third-order valence-corrected chi connectivity index (χ3v) is 5.09. The van der Waals surface area contributed by atoms with E-state index in [1.165, 1.54) is 13.0 Å². The lowest BCUT2D eigenvalue weighted by atomic mass is 10.1. The topological polar surface area (TPSA) is 97.6 Å². The van der Waals surface area contributed by atoms with Crippen molar-refractivity contribution in [3.05, 3.63) is 71.0 Å². The van der Waals surface area contributed by atoms with Crippen LogP contribution in [0.3, 0.4) is 0 Å². The SMILES string of the molecule is CC(NC(=O)Oc1ccc(-c2ccc(F)c(C(F)(F)F)c2)o1)c1cc(F)c(NS(C)(=O)=O)c(F)c1. The van der Waals surface area contributed by atoms with E-state index >= 15 is 0 Å². The van der Waals surface area contributed by atoms with Crippen LogP contribution < -0.4 is 14.8 Å². The summed E-state index contributed by atoms with van der Waals surface area (Å²) >= 11 is 0. The maximum absolute atomic E-state index is 14.2. The van der Waals surface area contributed by atoms with Gasteiger partial charge in [0, 0.05) is 11.6 Å². The van der Waals surface area contributed by atoms with Crippen molar-refractivity contribution in [3.63, 3.8) is 0 Å². The molecule has 1 unspecified atom stereocenters. The Kier molecular flexibility index (Phi) is 7.06. The third-order valence-electron chi connectivity index (χ3n) is 4.52. The number of nitrogens with one attached hydrogen (secondary N) is 2. The number of hydrogen-bond donors (Lipinski definition) is 2. The number of alkyl halides is 3. The van der Waals surface area contributed by atoms with Crippen molar-refractivity contribution < 1.29 is 48.7 Å². The number of amides is 1. The van der Waals surface area contributed by atoms with Gasteiger partial charge in [-0.25, -0.2) is 26.4 Å². The van der Waals surface area contributed by atoms with Gasteiger partial charge in [0.2, 0.25) is 10.0 Å². The lowest BCUT2D eigenvalue weighted by Crippen LogP contribution is -2.29. The molecule has 3 rings (SSSR count). The van der Waals surface area contributed by atoms with Gasteiger partial charge in [0.25, 0.3) is 5.95 Å². The Morgan fingerprint density at radius 1 is 1.00 bits per heavy atom. The molecule has 1 atom stereocenters. The number of sulfonamides is 1. The summed E-state index contributed by atoms with van der Waals surface area (Å²) in [4.78, 5) is 12.1. The van der Waals surface area contributed by atoms with Crippen molar-refractivity contribution in [2.24, 2.45) is 0 Å². The molecule has 35 heavy (non-hydrogen) atoms. The molecule has 2 N–H and O–H groups in total. The summed E-state index contributed by atoms with van der Waals surface area (Å²) in [6, 6.07) is 5.11. The summed E-state index contributed by atoms with van der Waals surface area (Å²) < 4.78 is 115. The average molecular weight is 522 g/mol. The van der Waals surface area contributed by atoms with Crippen LogP contribution in [-0.4, -0.2) is 20.8 Å². The van der Waals surface area contributed by atoms with Crippen LogP contribution in [0.15, 0.2) is 46.9 Å². The zero-order valence-electron chi connectivity index (χ0n) is 17.8. The van der Waals surface area contributed by atoms with E-state index in [2.05, 4.69) is 5.32 Å². The van der Waals surface area contributed by atoms with Crippen molar-refractivity contribution >= 4 is 21.8 Å². The Balaban J connectivity index is 1.70. The van der Waals surface area contributed by atoms with E-state index < -0.39 is 63.0 Å². The molecule has 14 heteroatoms. The molecular formula is C21H16F6N2O5S. The fourth-order valence-electron chi connectivity index (χ4n) is 2.93. The van der Waals surface area contributed by atoms with Gasteiger partial charge in [0.05, 0.1) is 17.9 Å². The van der Waals surface area contributed by atoms with E-state index in [9.17, 15) is 39.6 Å². The van der Waals surface area contributed by atoms with Gasteiger partial charge in [-0.05, 0) is 48.9 Å². The van der Waals surface area contributed by atoms with Crippen molar-refractivity contribution in [1.82, 2.24) is 5.32 Å². The number of carbonyl (C=O) groups excluding carboxylic acids is 1. The summed E-state index contributed by atoms with van der Waals surface area (Å²) in [6.07, 6.45) is -5.35. The molecule has 0 aliphatic rings. The van der Waals surface area contributed by atoms with Crippen LogP contribution in [0.5, 0.6) is 5.95 Å². The number of hydrogen-bond acceptors (Lipinski definition) is 5. The minimum absolute atomic E-state index is 0.0675. The Labute approximate surface area is 194 Å². The van der Waals surface area contributed by atoms with Gasteiger partial charge >= 0.3 is 12.3 Å². The lowest BCUT2D eigenvalue weighted by Gasteiger charge is -2.15. The number of ether oxygens (including phenoxy) is 1. The lowest BCUT2D eigenvalue weighted by molar-refractivity contribution is -0.139. The minimum atomic E-state index is -4.93. The summed E-state index contributed by atoms with van der Waals surface area (Å²) in [5, 5.41) is 2.26. The molecule has 7 nitrogen and oxygen atoms in total. The molecule has 1 heterocycles. The Hall–Kier alpha value is -3.68. The fourth-order valence-corrected chi connectivity index (χ4v) is 3.50. The van der Waals surface area contributed by atoms with Crippen LogP contribution in [0.25, 0.3) is 11.3 Å². The van der Waals surface area contributed by atoms with Crippen LogP contribution >= 0.6 is 0 Å². The van der Waals surface area contributed by atoms with Gasteiger partial charge in [-0.3, -0.25) is 4.72 Å². The van der Waals surface area contributed by atoms with Gasteiger partial charge in [-0.15, -0.1) is 0 Å². The molecule has 0 saturated carbocycles. The number of furan rings is 1. The van der Waals surface area contributed by atoms with Crippen molar-refractivity contribution in [3.8, 4) is 17.3 Å². The summed E-state index contributed by atoms with van der Waals surface area (Å²) in [5.41, 5.74) is -2.58. The Morgan fingerprint density at radius 3 is 2.20 bits per heavy atom. The average Bonchev–Trinajstić information content (AvgIpc) is 3.17. The van der Waals surface area contributed by atoms with E-state index in [0.29, 0.717) is 18.4 Å². The molecule has 188 valence electrons. The number of anilines is 1. The molecule has 3 aromatic rings. The quantitative estimate of drug-likeness (QED) is 0.411. The second-order valence-electron chi connectivity index (χ2n) is 7.30. The molecule has 1 aromatic heterocycles. The summed E-state index contributed by atoms with van der Waals surface area (Å²) in [6.45, 7) is 1.35. The highest BCUT2D eigenvalue weighted by Crippen LogP contribution is 2.35.